The highest BCUT2D eigenvalue weighted by atomic mass is 32.2. The predicted molar refractivity (Wildman–Crippen MR) is 166 cm³/mol. The van der Waals surface area contributed by atoms with E-state index in [0.717, 1.165) is 32.1 Å². The zero-order valence-electron chi connectivity index (χ0n) is 26.7. The van der Waals surface area contributed by atoms with Crippen LogP contribution in [-0.4, -0.2) is 80.1 Å². The molecule has 0 aromatic heterocycles. The van der Waals surface area contributed by atoms with Gasteiger partial charge >= 0.3 is 5.97 Å². The average Bonchev–Trinajstić information content (AvgIpc) is 3.44. The lowest BCUT2D eigenvalue weighted by atomic mass is 9.66. The van der Waals surface area contributed by atoms with Crippen LogP contribution in [0.5, 0.6) is 0 Å². The summed E-state index contributed by atoms with van der Waals surface area (Å²) in [5.74, 6) is -1.92. The van der Waals surface area contributed by atoms with Crippen molar-refractivity contribution in [2.24, 2.45) is 29.1 Å². The predicted octanol–water partition coefficient (Wildman–Crippen LogP) is 5.47. The number of carbonyl (C=O) groups is 3. The van der Waals surface area contributed by atoms with Crippen LogP contribution in [-0.2, 0) is 19.1 Å². The van der Waals surface area contributed by atoms with E-state index in [1.165, 1.54) is 0 Å². The Bertz CT molecular complexity index is 1000. The first kappa shape index (κ1) is 33.7. The maximum Gasteiger partial charge on any atom is 0.310 e. The molecule has 0 aromatic carbocycles. The van der Waals surface area contributed by atoms with Crippen LogP contribution >= 0.6 is 11.8 Å². The highest BCUT2D eigenvalue weighted by Crippen LogP contribution is 2.69. The maximum absolute atomic E-state index is 15.0. The van der Waals surface area contributed by atoms with Crippen LogP contribution in [0.1, 0.15) is 87.5 Å². The van der Waals surface area contributed by atoms with Crippen molar-refractivity contribution in [3.63, 3.8) is 0 Å². The number of unbranched alkanes of at least 4 members (excludes halogenated alkanes) is 2. The molecule has 0 saturated carbocycles. The zero-order valence-corrected chi connectivity index (χ0v) is 27.5. The lowest BCUT2D eigenvalue weighted by Gasteiger charge is -2.48. The maximum atomic E-state index is 15.0. The normalized spacial score (nSPS) is 30.0. The largest absolute Gasteiger partial charge is 0.465 e. The zero-order chi connectivity index (χ0) is 30.9. The Morgan fingerprint density at radius 2 is 1.85 bits per heavy atom. The quantitative estimate of drug-likeness (QED) is 0.164. The summed E-state index contributed by atoms with van der Waals surface area (Å²) >= 11 is 1.65. The molecule has 1 N–H and O–H groups in total. The number of hydrogen-bond donors (Lipinski definition) is 1. The molecule has 1 spiro atoms. The van der Waals surface area contributed by atoms with E-state index >= 15 is 0 Å². The van der Waals surface area contributed by atoms with Crippen LogP contribution in [0.2, 0.25) is 0 Å². The van der Waals surface area contributed by atoms with Crippen LogP contribution in [0.25, 0.3) is 0 Å². The second-order valence-electron chi connectivity index (χ2n) is 14.5. The molecule has 3 fully saturated rings. The third-order valence-corrected chi connectivity index (χ3v) is 11.4. The Balaban J connectivity index is 2.08. The van der Waals surface area contributed by atoms with Crippen molar-refractivity contribution in [2.45, 2.75) is 115 Å². The van der Waals surface area contributed by atoms with Crippen molar-refractivity contribution in [1.29, 1.82) is 0 Å². The van der Waals surface area contributed by atoms with E-state index in [9.17, 15) is 19.5 Å². The molecular weight excluding hydrogens is 536 g/mol. The van der Waals surface area contributed by atoms with Gasteiger partial charge in [-0.1, -0.05) is 53.7 Å². The highest BCUT2D eigenvalue weighted by molar-refractivity contribution is 8.02. The fraction of sp³-hybridized carbons (Fsp3) is 0.788. The van der Waals surface area contributed by atoms with E-state index in [1.54, 1.807) is 22.7 Å². The second-order valence-corrected chi connectivity index (χ2v) is 16.1. The fourth-order valence-corrected chi connectivity index (χ4v) is 10.3. The lowest BCUT2D eigenvalue weighted by molar-refractivity contribution is -0.155. The first-order chi connectivity index (χ1) is 19.1. The number of aliphatic hydroxyl groups excluding tert-OH is 1. The third-order valence-electron chi connectivity index (χ3n) is 9.32. The number of rotatable bonds is 14. The van der Waals surface area contributed by atoms with Gasteiger partial charge in [0.2, 0.25) is 11.8 Å². The molecule has 3 aliphatic rings. The molecular formula is C33H54N2O5S. The Morgan fingerprint density at radius 3 is 2.39 bits per heavy atom. The monoisotopic (exact) mass is 590 g/mol. The number of fused-ring (bicyclic) bond motifs is 1. The summed E-state index contributed by atoms with van der Waals surface area (Å²) in [5, 5.41) is 10.5. The van der Waals surface area contributed by atoms with Crippen LogP contribution in [0, 0.1) is 29.1 Å². The van der Waals surface area contributed by atoms with E-state index in [1.807, 2.05) is 24.8 Å². The summed E-state index contributed by atoms with van der Waals surface area (Å²) in [6.45, 7) is 24.8. The molecule has 0 aliphatic carbocycles. The number of thioether (sulfide) groups is 1. The molecule has 7 atom stereocenters. The van der Waals surface area contributed by atoms with Crippen LogP contribution < -0.4 is 0 Å². The number of aliphatic hydroxyl groups is 1. The van der Waals surface area contributed by atoms with E-state index < -0.39 is 34.2 Å². The van der Waals surface area contributed by atoms with Gasteiger partial charge < -0.3 is 19.6 Å². The molecule has 232 valence electrons. The number of nitrogens with zero attached hydrogens (tertiary/aromatic N) is 2. The van der Waals surface area contributed by atoms with Gasteiger partial charge in [-0.25, -0.2) is 0 Å². The Morgan fingerprint density at radius 1 is 1.20 bits per heavy atom. The van der Waals surface area contributed by atoms with Gasteiger partial charge in [0.1, 0.15) is 6.04 Å². The van der Waals surface area contributed by atoms with Crippen molar-refractivity contribution in [1.82, 2.24) is 9.80 Å². The Kier molecular flexibility index (Phi) is 10.5. The number of hydrogen-bond acceptors (Lipinski definition) is 6. The molecule has 7 nitrogen and oxygen atoms in total. The second kappa shape index (κ2) is 12.8. The van der Waals surface area contributed by atoms with Gasteiger partial charge in [-0.3, -0.25) is 14.4 Å². The molecule has 8 heteroatoms. The van der Waals surface area contributed by atoms with Crippen molar-refractivity contribution in [3.05, 3.63) is 25.3 Å². The number of likely N-dealkylation sites (tertiary alicyclic amines) is 1. The smallest absolute Gasteiger partial charge is 0.310 e. The van der Waals surface area contributed by atoms with E-state index in [4.69, 9.17) is 4.74 Å². The fourth-order valence-electron chi connectivity index (χ4n) is 7.95. The molecule has 2 amide bonds. The molecule has 3 unspecified atom stereocenters. The average molecular weight is 591 g/mol. The van der Waals surface area contributed by atoms with E-state index in [2.05, 4.69) is 54.7 Å². The highest BCUT2D eigenvalue weighted by Gasteiger charge is 2.77. The summed E-state index contributed by atoms with van der Waals surface area (Å²) in [6.07, 6.45) is 7.62. The van der Waals surface area contributed by atoms with Crippen molar-refractivity contribution < 1.29 is 24.2 Å². The van der Waals surface area contributed by atoms with Gasteiger partial charge in [0.25, 0.3) is 0 Å². The molecule has 41 heavy (non-hydrogen) atoms. The van der Waals surface area contributed by atoms with Crippen molar-refractivity contribution >= 4 is 29.5 Å². The molecule has 3 heterocycles. The van der Waals surface area contributed by atoms with Crippen LogP contribution in [0.4, 0.5) is 0 Å². The van der Waals surface area contributed by atoms with Gasteiger partial charge in [-0.2, -0.15) is 0 Å². The molecule has 3 aliphatic heterocycles. The first-order valence-corrected chi connectivity index (χ1v) is 16.3. The molecule has 0 radical (unpaired) electrons. The minimum Gasteiger partial charge on any atom is -0.465 e. The van der Waals surface area contributed by atoms with Gasteiger partial charge in [0.15, 0.2) is 0 Å². The summed E-state index contributed by atoms with van der Waals surface area (Å²) in [6, 6.07) is -1.32. The molecule has 2 bridgehead atoms. The van der Waals surface area contributed by atoms with Crippen LogP contribution in [0.3, 0.4) is 0 Å². The summed E-state index contributed by atoms with van der Waals surface area (Å²) in [7, 11) is 0. The first-order valence-electron chi connectivity index (χ1n) is 15.4. The Labute approximate surface area is 252 Å². The lowest BCUT2D eigenvalue weighted by Crippen LogP contribution is -2.63. The molecule has 3 rings (SSSR count). The van der Waals surface area contributed by atoms with Gasteiger partial charge in [0.05, 0.1) is 35.8 Å². The van der Waals surface area contributed by atoms with E-state index in [0.29, 0.717) is 13.2 Å². The van der Waals surface area contributed by atoms with Crippen LogP contribution in [0.15, 0.2) is 25.3 Å². The summed E-state index contributed by atoms with van der Waals surface area (Å²) in [5.41, 5.74) is -0.539. The Hall–Kier alpha value is -1.80. The van der Waals surface area contributed by atoms with Crippen molar-refractivity contribution in [3.8, 4) is 0 Å². The van der Waals surface area contributed by atoms with Crippen molar-refractivity contribution in [2.75, 3.05) is 19.8 Å². The third kappa shape index (κ3) is 6.29. The summed E-state index contributed by atoms with van der Waals surface area (Å²) < 4.78 is 5.00. The molecule has 0 aromatic rings. The molecule has 3 saturated heterocycles. The SMILES string of the molecule is C=CCCCCOC(=O)[C@@H]1[C@@H]2CC(C)C3(S2)C(C(=O)N(CC=C)C(C)(C)CC(C)(C)C)N([C@@H](CO)C(C)C)C(=O)[C@H]13. The number of ether oxygens (including phenoxy) is 1. The number of allylic oxidation sites excluding steroid dienone is 1. The van der Waals surface area contributed by atoms with E-state index in [-0.39, 0.29) is 46.9 Å². The van der Waals surface area contributed by atoms with Gasteiger partial charge in [-0.15, -0.1) is 24.9 Å². The topological polar surface area (TPSA) is 87.2 Å². The number of carbonyl (C=O) groups excluding carboxylic acids is 3. The minimum absolute atomic E-state index is 0.0326. The van der Waals surface area contributed by atoms with Gasteiger partial charge in [0, 0.05) is 17.3 Å². The minimum atomic E-state index is -0.783. The standard InChI is InChI=1S/C33H54N2O5S/c1-11-13-14-15-17-40-30(39)25-24-18-22(5)33(41-24)26(25)28(37)35(23(19-36)21(3)4)27(33)29(38)34(16-12-2)32(9,10)20-31(6,7)8/h11-12,21-27,36H,1-2,13-20H2,3-10H3/t22?,23-,24-,25+,26-,27?,33?/m0/s1. The van der Waals surface area contributed by atoms with Gasteiger partial charge in [-0.05, 0) is 63.2 Å². The number of amides is 2. The summed E-state index contributed by atoms with van der Waals surface area (Å²) in [4.78, 5) is 46.6. The number of esters is 1.